The molecule has 10 nitrogen and oxygen atoms in total. The summed E-state index contributed by atoms with van der Waals surface area (Å²) in [5, 5.41) is 15.9. The van der Waals surface area contributed by atoms with Crippen molar-refractivity contribution in [2.75, 3.05) is 26.2 Å². The molecule has 2 aromatic heterocycles. The van der Waals surface area contributed by atoms with Crippen LogP contribution in [-0.2, 0) is 24.8 Å². The van der Waals surface area contributed by atoms with E-state index in [1.807, 2.05) is 28.8 Å². The van der Waals surface area contributed by atoms with E-state index in [2.05, 4.69) is 25.5 Å². The molecular formula is C19H26N8O2. The van der Waals surface area contributed by atoms with Crippen LogP contribution in [-0.4, -0.2) is 78.4 Å². The molecule has 2 amide bonds. The van der Waals surface area contributed by atoms with Gasteiger partial charge in [0.1, 0.15) is 0 Å². The predicted molar refractivity (Wildman–Crippen MR) is 103 cm³/mol. The van der Waals surface area contributed by atoms with E-state index in [1.165, 1.54) is 6.42 Å². The number of aryl methyl sites for hydroxylation is 1. The first kappa shape index (κ1) is 18.3. The third-order valence-electron chi connectivity index (χ3n) is 6.28. The fraction of sp³-hybridized carbons (Fsp3) is 0.632. The van der Waals surface area contributed by atoms with Gasteiger partial charge in [-0.2, -0.15) is 5.10 Å². The predicted octanol–water partition coefficient (Wildman–Crippen LogP) is -0.264. The quantitative estimate of drug-likeness (QED) is 0.761. The minimum atomic E-state index is -0.138. The summed E-state index contributed by atoms with van der Waals surface area (Å²) in [6.45, 7) is 3.60. The summed E-state index contributed by atoms with van der Waals surface area (Å²) in [4.78, 5) is 29.6. The van der Waals surface area contributed by atoms with Crippen LogP contribution in [0.15, 0.2) is 12.3 Å². The van der Waals surface area contributed by atoms with Gasteiger partial charge in [0.05, 0.1) is 18.2 Å². The molecule has 4 heterocycles. The third-order valence-corrected chi connectivity index (χ3v) is 6.28. The summed E-state index contributed by atoms with van der Waals surface area (Å²) in [7, 11) is 1.85. The zero-order chi connectivity index (χ0) is 20.0. The monoisotopic (exact) mass is 398 g/mol. The molecule has 1 saturated carbocycles. The van der Waals surface area contributed by atoms with Crippen LogP contribution in [0.5, 0.6) is 0 Å². The van der Waals surface area contributed by atoms with Gasteiger partial charge in [-0.15, -0.1) is 10.2 Å². The van der Waals surface area contributed by atoms with E-state index in [0.29, 0.717) is 31.9 Å². The van der Waals surface area contributed by atoms with Gasteiger partial charge in [-0.25, -0.2) is 0 Å². The molecule has 3 aliphatic rings. The van der Waals surface area contributed by atoms with Gasteiger partial charge in [0.25, 0.3) is 5.91 Å². The highest BCUT2D eigenvalue weighted by Gasteiger charge is 2.38. The lowest BCUT2D eigenvalue weighted by Gasteiger charge is -2.43. The third kappa shape index (κ3) is 3.41. The first-order valence-corrected chi connectivity index (χ1v) is 10.3. The van der Waals surface area contributed by atoms with Gasteiger partial charge in [-0.05, 0) is 25.3 Å². The molecule has 2 aliphatic heterocycles. The molecule has 0 radical (unpaired) electrons. The van der Waals surface area contributed by atoms with Gasteiger partial charge in [0.15, 0.2) is 5.82 Å². The SMILES string of the molecule is Cn1ccc(CC(=O)N2CCN3CCn4c(C(=O)NC5CCC5)nnc4[C@H]3C2)n1. The number of piperazine rings is 1. The summed E-state index contributed by atoms with van der Waals surface area (Å²) in [5.41, 5.74) is 0.779. The summed E-state index contributed by atoms with van der Waals surface area (Å²) in [6, 6.07) is 2.12. The highest BCUT2D eigenvalue weighted by atomic mass is 16.2. The second-order valence-corrected chi connectivity index (χ2v) is 8.18. The molecule has 1 saturated heterocycles. The van der Waals surface area contributed by atoms with Crippen molar-refractivity contribution in [3.8, 4) is 0 Å². The number of hydrogen-bond acceptors (Lipinski definition) is 6. The molecule has 29 heavy (non-hydrogen) atoms. The Hall–Kier alpha value is -2.75. The number of fused-ring (bicyclic) bond motifs is 3. The lowest BCUT2D eigenvalue weighted by atomic mass is 9.93. The number of nitrogens with zero attached hydrogens (tertiary/aromatic N) is 7. The molecule has 0 bridgehead atoms. The van der Waals surface area contributed by atoms with Crippen molar-refractivity contribution in [3.05, 3.63) is 29.6 Å². The minimum absolute atomic E-state index is 0.0251. The molecule has 0 spiro atoms. The van der Waals surface area contributed by atoms with E-state index in [1.54, 1.807) is 4.68 Å². The van der Waals surface area contributed by atoms with Crippen molar-refractivity contribution in [2.45, 2.75) is 44.3 Å². The summed E-state index contributed by atoms with van der Waals surface area (Å²) in [6.07, 6.45) is 5.39. The number of nitrogens with one attached hydrogen (secondary N) is 1. The Labute approximate surface area is 168 Å². The first-order valence-electron chi connectivity index (χ1n) is 10.3. The fourth-order valence-corrected chi connectivity index (χ4v) is 4.36. The smallest absolute Gasteiger partial charge is 0.289 e. The lowest BCUT2D eigenvalue weighted by Crippen LogP contribution is -2.54. The van der Waals surface area contributed by atoms with Crippen LogP contribution in [0.1, 0.15) is 47.4 Å². The fourth-order valence-electron chi connectivity index (χ4n) is 4.36. The Morgan fingerprint density at radius 1 is 1.17 bits per heavy atom. The maximum absolute atomic E-state index is 12.8. The Kier molecular flexibility index (Phi) is 4.57. The van der Waals surface area contributed by atoms with Gasteiger partial charge in [-0.3, -0.25) is 19.2 Å². The second-order valence-electron chi connectivity index (χ2n) is 8.18. The molecule has 0 aromatic carbocycles. The topological polar surface area (TPSA) is 101 Å². The minimum Gasteiger partial charge on any atom is -0.347 e. The number of amides is 2. The van der Waals surface area contributed by atoms with Crippen molar-refractivity contribution in [3.63, 3.8) is 0 Å². The maximum atomic E-state index is 12.8. The first-order chi connectivity index (χ1) is 14.1. The summed E-state index contributed by atoms with van der Waals surface area (Å²) in [5.74, 6) is 1.11. The largest absolute Gasteiger partial charge is 0.347 e. The molecule has 1 atom stereocenters. The molecular weight excluding hydrogens is 372 g/mol. The van der Waals surface area contributed by atoms with Crippen molar-refractivity contribution in [1.82, 2.24) is 39.7 Å². The molecule has 10 heteroatoms. The van der Waals surface area contributed by atoms with E-state index in [0.717, 1.165) is 37.4 Å². The molecule has 2 fully saturated rings. The summed E-state index contributed by atoms with van der Waals surface area (Å²) < 4.78 is 3.64. The Bertz CT molecular complexity index is 931. The van der Waals surface area contributed by atoms with E-state index in [-0.39, 0.29) is 23.9 Å². The average Bonchev–Trinajstić information content (AvgIpc) is 3.30. The normalized spacial score (nSPS) is 22.0. The number of carbonyl (C=O) groups excluding carboxylic acids is 2. The standard InChI is InChI=1S/C19H26N8O2/c1-24-6-5-14(23-24)11-16(28)26-8-7-25-9-10-27-17(15(25)12-26)21-22-18(27)19(29)20-13-3-2-4-13/h5-6,13,15H,2-4,7-12H2,1H3,(H,20,29)/t15-/m1/s1. The Morgan fingerprint density at radius 3 is 2.72 bits per heavy atom. The van der Waals surface area contributed by atoms with Crippen molar-refractivity contribution >= 4 is 11.8 Å². The van der Waals surface area contributed by atoms with Crippen LogP contribution in [0, 0.1) is 0 Å². The van der Waals surface area contributed by atoms with Gasteiger partial charge >= 0.3 is 0 Å². The van der Waals surface area contributed by atoms with Gasteiger partial charge in [0.2, 0.25) is 11.7 Å². The van der Waals surface area contributed by atoms with Crippen LogP contribution in [0.25, 0.3) is 0 Å². The zero-order valence-corrected chi connectivity index (χ0v) is 16.6. The van der Waals surface area contributed by atoms with Crippen molar-refractivity contribution < 1.29 is 9.59 Å². The second kappa shape index (κ2) is 7.25. The molecule has 2 aromatic rings. The van der Waals surface area contributed by atoms with Gasteiger partial charge in [-0.1, -0.05) is 0 Å². The van der Waals surface area contributed by atoms with Crippen molar-refractivity contribution in [2.24, 2.45) is 7.05 Å². The highest BCUT2D eigenvalue weighted by Crippen LogP contribution is 2.29. The Morgan fingerprint density at radius 2 is 2.00 bits per heavy atom. The molecule has 154 valence electrons. The number of rotatable bonds is 4. The average molecular weight is 398 g/mol. The Balaban J connectivity index is 1.30. The zero-order valence-electron chi connectivity index (χ0n) is 16.6. The van der Waals surface area contributed by atoms with Crippen LogP contribution >= 0.6 is 0 Å². The van der Waals surface area contributed by atoms with E-state index < -0.39 is 0 Å². The number of aromatic nitrogens is 5. The summed E-state index contributed by atoms with van der Waals surface area (Å²) >= 11 is 0. The van der Waals surface area contributed by atoms with Crippen LogP contribution in [0.4, 0.5) is 0 Å². The number of carbonyl (C=O) groups is 2. The maximum Gasteiger partial charge on any atom is 0.289 e. The molecule has 1 N–H and O–H groups in total. The van der Waals surface area contributed by atoms with Crippen LogP contribution in [0.2, 0.25) is 0 Å². The van der Waals surface area contributed by atoms with Crippen LogP contribution in [0.3, 0.4) is 0 Å². The van der Waals surface area contributed by atoms with E-state index in [4.69, 9.17) is 0 Å². The van der Waals surface area contributed by atoms with E-state index in [9.17, 15) is 9.59 Å². The van der Waals surface area contributed by atoms with Crippen molar-refractivity contribution in [1.29, 1.82) is 0 Å². The molecule has 1 aliphatic carbocycles. The van der Waals surface area contributed by atoms with E-state index >= 15 is 0 Å². The number of hydrogen-bond donors (Lipinski definition) is 1. The molecule has 5 rings (SSSR count). The van der Waals surface area contributed by atoms with Crippen LogP contribution < -0.4 is 5.32 Å². The lowest BCUT2D eigenvalue weighted by molar-refractivity contribution is -0.134. The molecule has 0 unspecified atom stereocenters. The highest BCUT2D eigenvalue weighted by molar-refractivity contribution is 5.91. The van der Waals surface area contributed by atoms with Gasteiger partial charge in [0, 0.05) is 52.0 Å². The van der Waals surface area contributed by atoms with Gasteiger partial charge < -0.3 is 14.8 Å².